The highest BCUT2D eigenvalue weighted by Gasteiger charge is 2.34. The Balaban J connectivity index is 1.33. The third-order valence-electron chi connectivity index (χ3n) is 6.55. The van der Waals surface area contributed by atoms with Crippen molar-refractivity contribution < 1.29 is 33.4 Å². The number of para-hydroxylation sites is 1. The molecule has 1 aliphatic rings. The van der Waals surface area contributed by atoms with E-state index in [0.717, 1.165) is 10.3 Å². The number of thiazole rings is 1. The molecule has 230 valence electrons. The third kappa shape index (κ3) is 9.75. The summed E-state index contributed by atoms with van der Waals surface area (Å²) >= 11 is 1.27. The Morgan fingerprint density at radius 1 is 1.07 bits per heavy atom. The summed E-state index contributed by atoms with van der Waals surface area (Å²) in [5.74, 6) is -0.792. The van der Waals surface area contributed by atoms with Gasteiger partial charge in [-0.05, 0) is 57.7 Å². The van der Waals surface area contributed by atoms with Gasteiger partial charge in [0.1, 0.15) is 12.2 Å². The number of nitrogens with one attached hydrogen (secondary N) is 2. The molecule has 2 heterocycles. The van der Waals surface area contributed by atoms with Crippen molar-refractivity contribution in [3.05, 3.63) is 65.2 Å². The topological polar surface area (TPSA) is 136 Å². The molecule has 4 rings (SSSR count). The number of fused-ring (bicyclic) bond motifs is 1. The fraction of sp³-hybridized carbons (Fsp3) is 0.452. The van der Waals surface area contributed by atoms with Crippen LogP contribution in [0.1, 0.15) is 55.4 Å². The number of rotatable bonds is 11. The zero-order chi connectivity index (χ0) is 30.8. The molecule has 2 atom stereocenters. The Kier molecular flexibility index (Phi) is 11.1. The molecule has 12 heteroatoms. The summed E-state index contributed by atoms with van der Waals surface area (Å²) in [6.07, 6.45) is -0.576. The fourth-order valence-corrected chi connectivity index (χ4v) is 5.36. The van der Waals surface area contributed by atoms with Gasteiger partial charge in [0.25, 0.3) is 5.91 Å². The van der Waals surface area contributed by atoms with Crippen LogP contribution in [-0.4, -0.2) is 77.7 Å². The Morgan fingerprint density at radius 3 is 2.56 bits per heavy atom. The summed E-state index contributed by atoms with van der Waals surface area (Å²) in [6, 6.07) is 16.0. The Labute approximate surface area is 254 Å². The van der Waals surface area contributed by atoms with Crippen LogP contribution < -0.4 is 10.6 Å². The Hall–Kier alpha value is -4.03. The van der Waals surface area contributed by atoms with Gasteiger partial charge in [0.05, 0.1) is 29.4 Å². The van der Waals surface area contributed by atoms with Gasteiger partial charge in [-0.25, -0.2) is 14.6 Å². The molecule has 43 heavy (non-hydrogen) atoms. The van der Waals surface area contributed by atoms with Crippen molar-refractivity contribution >= 4 is 45.4 Å². The molecule has 1 fully saturated rings. The van der Waals surface area contributed by atoms with Crippen molar-refractivity contribution in [3.63, 3.8) is 0 Å². The molecule has 2 aromatic carbocycles. The quantitative estimate of drug-likeness (QED) is 0.236. The van der Waals surface area contributed by atoms with Crippen LogP contribution in [0.2, 0.25) is 0 Å². The molecule has 3 aromatic rings. The first-order valence-electron chi connectivity index (χ1n) is 14.3. The number of benzene rings is 2. The number of morpholine rings is 1. The maximum Gasteiger partial charge on any atom is 0.410 e. The zero-order valence-corrected chi connectivity index (χ0v) is 25.5. The summed E-state index contributed by atoms with van der Waals surface area (Å²) in [4.78, 5) is 57.4. The van der Waals surface area contributed by atoms with Gasteiger partial charge in [-0.3, -0.25) is 9.59 Å². The number of carbonyl (C=O) groups excluding carboxylic acids is 4. The minimum absolute atomic E-state index is 0.0117. The second kappa shape index (κ2) is 14.9. The minimum Gasteiger partial charge on any atom is -0.445 e. The predicted octanol–water partition coefficient (Wildman–Crippen LogP) is 4.70. The largest absolute Gasteiger partial charge is 0.445 e. The van der Waals surface area contributed by atoms with Crippen LogP contribution in [-0.2, 0) is 25.6 Å². The van der Waals surface area contributed by atoms with Gasteiger partial charge in [-0.2, -0.15) is 0 Å². The molecule has 3 amide bonds. The first kappa shape index (κ1) is 31.9. The molecular weight excluding hydrogens is 572 g/mol. The van der Waals surface area contributed by atoms with E-state index in [0.29, 0.717) is 42.9 Å². The van der Waals surface area contributed by atoms with Crippen LogP contribution in [0.15, 0.2) is 54.6 Å². The number of Topliss-reactive ketones (excluding diaryl/α,β-unsaturated/α-hetero) is 1. The molecule has 1 aliphatic heterocycles. The number of hydrogen-bond donors (Lipinski definition) is 2. The van der Waals surface area contributed by atoms with E-state index < -0.39 is 35.8 Å². The molecule has 0 saturated carbocycles. The van der Waals surface area contributed by atoms with Gasteiger partial charge in [-0.15, -0.1) is 11.3 Å². The number of carbonyl (C=O) groups is 4. The number of ether oxygens (including phenoxy) is 3. The number of ketones is 1. The van der Waals surface area contributed by atoms with Gasteiger partial charge in [-0.1, -0.05) is 42.5 Å². The van der Waals surface area contributed by atoms with Gasteiger partial charge in [0.2, 0.25) is 5.78 Å². The Morgan fingerprint density at radius 2 is 1.81 bits per heavy atom. The van der Waals surface area contributed by atoms with E-state index in [2.05, 4.69) is 15.6 Å². The molecule has 11 nitrogen and oxygen atoms in total. The van der Waals surface area contributed by atoms with Crippen LogP contribution in [0.4, 0.5) is 9.59 Å². The molecule has 2 unspecified atom stereocenters. The number of aromatic nitrogens is 1. The van der Waals surface area contributed by atoms with E-state index >= 15 is 0 Å². The number of alkyl carbamates (subject to hydrolysis) is 1. The smallest absolute Gasteiger partial charge is 0.410 e. The van der Waals surface area contributed by atoms with Crippen LogP contribution in [0, 0.1) is 0 Å². The zero-order valence-electron chi connectivity index (χ0n) is 24.7. The first-order valence-corrected chi connectivity index (χ1v) is 15.1. The van der Waals surface area contributed by atoms with Crippen molar-refractivity contribution in [1.29, 1.82) is 0 Å². The lowest BCUT2D eigenvalue weighted by Gasteiger charge is -2.34. The summed E-state index contributed by atoms with van der Waals surface area (Å²) in [5.41, 5.74) is 0.929. The van der Waals surface area contributed by atoms with Crippen LogP contribution in [0.5, 0.6) is 0 Å². The molecule has 0 aliphatic carbocycles. The van der Waals surface area contributed by atoms with E-state index in [4.69, 9.17) is 14.2 Å². The van der Waals surface area contributed by atoms with Crippen LogP contribution in [0.25, 0.3) is 10.2 Å². The monoisotopic (exact) mass is 610 g/mol. The maximum absolute atomic E-state index is 13.6. The molecule has 0 spiro atoms. The van der Waals surface area contributed by atoms with Gasteiger partial charge >= 0.3 is 12.2 Å². The molecule has 1 saturated heterocycles. The summed E-state index contributed by atoms with van der Waals surface area (Å²) in [6.45, 7) is 6.32. The average Bonchev–Trinajstić information content (AvgIpc) is 3.43. The number of amides is 3. The van der Waals surface area contributed by atoms with Crippen molar-refractivity contribution in [3.8, 4) is 0 Å². The summed E-state index contributed by atoms with van der Waals surface area (Å²) in [7, 11) is 0. The van der Waals surface area contributed by atoms with Crippen molar-refractivity contribution in [2.24, 2.45) is 0 Å². The molecule has 0 radical (unpaired) electrons. The lowest BCUT2D eigenvalue weighted by molar-refractivity contribution is -0.138. The number of unbranched alkanes of at least 4 members (excludes halogenated alkanes) is 1. The molecule has 0 bridgehead atoms. The van der Waals surface area contributed by atoms with Crippen molar-refractivity contribution in [1.82, 2.24) is 20.5 Å². The van der Waals surface area contributed by atoms with Crippen LogP contribution in [0.3, 0.4) is 0 Å². The Bertz CT molecular complexity index is 1370. The first-order chi connectivity index (χ1) is 20.6. The van der Waals surface area contributed by atoms with Crippen molar-refractivity contribution in [2.75, 3.05) is 26.2 Å². The van der Waals surface area contributed by atoms with E-state index in [1.807, 2.05) is 54.6 Å². The highest BCUT2D eigenvalue weighted by Crippen LogP contribution is 2.24. The molecular formula is C31H38N4O7S. The lowest BCUT2D eigenvalue weighted by atomic mass is 10.0. The van der Waals surface area contributed by atoms with E-state index in [-0.39, 0.29) is 25.5 Å². The maximum atomic E-state index is 13.6. The SMILES string of the molecule is CC(C)(C)OC(=O)N1CCOC(C(=O)NC(CCCCNC(=O)OCc2ccccc2)C(=O)c2nc3ccccc3s2)C1. The molecule has 2 N–H and O–H groups in total. The fourth-order valence-electron chi connectivity index (χ4n) is 4.40. The normalized spacial score (nSPS) is 15.9. The van der Waals surface area contributed by atoms with Crippen molar-refractivity contribution in [2.45, 2.75) is 64.4 Å². The number of hydrogen-bond acceptors (Lipinski definition) is 9. The molecule has 1 aromatic heterocycles. The van der Waals surface area contributed by atoms with Gasteiger partial charge in [0, 0.05) is 13.1 Å². The second-order valence-corrected chi connectivity index (χ2v) is 12.2. The van der Waals surface area contributed by atoms with Gasteiger partial charge < -0.3 is 29.7 Å². The van der Waals surface area contributed by atoms with Gasteiger partial charge in [0.15, 0.2) is 11.1 Å². The predicted molar refractivity (Wildman–Crippen MR) is 162 cm³/mol. The second-order valence-electron chi connectivity index (χ2n) is 11.2. The number of nitrogens with zero attached hydrogens (tertiary/aromatic N) is 2. The minimum atomic E-state index is -0.951. The summed E-state index contributed by atoms with van der Waals surface area (Å²) < 4.78 is 17.2. The lowest BCUT2D eigenvalue weighted by Crippen LogP contribution is -2.54. The van der Waals surface area contributed by atoms with E-state index in [1.54, 1.807) is 20.8 Å². The average molecular weight is 611 g/mol. The third-order valence-corrected chi connectivity index (χ3v) is 7.60. The van der Waals surface area contributed by atoms with E-state index in [1.165, 1.54) is 16.2 Å². The summed E-state index contributed by atoms with van der Waals surface area (Å²) in [5, 5.41) is 5.85. The highest BCUT2D eigenvalue weighted by molar-refractivity contribution is 7.20. The van der Waals surface area contributed by atoms with E-state index in [9.17, 15) is 19.2 Å². The highest BCUT2D eigenvalue weighted by atomic mass is 32.1. The standard InChI is InChI=1S/C31H38N4O7S/c1-31(2,3)42-30(39)35-17-18-40-24(19-35)27(37)33-23(26(36)28-34-22-13-7-8-15-25(22)43-28)14-9-10-16-32-29(38)41-20-21-11-5-4-6-12-21/h4-8,11-13,15,23-24H,9-10,14,16-20H2,1-3H3,(H,32,38)(H,33,37). The van der Waals surface area contributed by atoms with Crippen LogP contribution >= 0.6 is 11.3 Å².